The van der Waals surface area contributed by atoms with E-state index in [1.165, 1.54) is 0 Å². The average Bonchev–Trinajstić information content (AvgIpc) is 3.24. The fourth-order valence-corrected chi connectivity index (χ4v) is 18.6. The number of nitrogens with zero attached hydrogens (tertiary/aromatic N) is 4. The third kappa shape index (κ3) is 10.7. The molecule has 0 saturated heterocycles. The van der Waals surface area contributed by atoms with Gasteiger partial charge in [0.1, 0.15) is 40.2 Å². The number of aryl methyl sites for hydroxylation is 2. The second kappa shape index (κ2) is 18.3. The van der Waals surface area contributed by atoms with Crippen LogP contribution in [0.1, 0.15) is 11.1 Å². The molecule has 8 rings (SSSR count). The molecule has 0 bridgehead atoms. The van der Waals surface area contributed by atoms with Gasteiger partial charge in [-0.3, -0.25) is 0 Å². The van der Waals surface area contributed by atoms with E-state index >= 15 is 0 Å². The molecule has 304 valence electrons. The van der Waals surface area contributed by atoms with Gasteiger partial charge in [0.15, 0.2) is 0 Å². The summed E-state index contributed by atoms with van der Waals surface area (Å²) in [5, 5.41) is 0. The Bertz CT molecular complexity index is 2620. The summed E-state index contributed by atoms with van der Waals surface area (Å²) in [7, 11) is -12.8. The highest BCUT2D eigenvalue weighted by molar-refractivity contribution is 7.93. The molecule has 1 aliphatic rings. The van der Waals surface area contributed by atoms with Crippen LogP contribution in [0.25, 0.3) is 0 Å². The van der Waals surface area contributed by atoms with Gasteiger partial charge in [0.25, 0.3) is 0 Å². The molecule has 1 heterocycles. The van der Waals surface area contributed by atoms with E-state index in [4.69, 9.17) is 61.0 Å². The van der Waals surface area contributed by atoms with E-state index < -0.39 is 29.8 Å². The van der Waals surface area contributed by atoms with Gasteiger partial charge in [-0.25, -0.2) is 0 Å². The van der Waals surface area contributed by atoms with Gasteiger partial charge in [-0.2, -0.15) is 0 Å². The zero-order valence-corrected chi connectivity index (χ0v) is 36.7. The van der Waals surface area contributed by atoms with E-state index in [-0.39, 0.29) is 0 Å². The Morgan fingerprint density at radius 2 is 0.517 bits per heavy atom. The summed E-state index contributed by atoms with van der Waals surface area (Å²) in [6, 6.07) is 59.9. The Morgan fingerprint density at radius 1 is 0.283 bits per heavy atom. The van der Waals surface area contributed by atoms with Gasteiger partial charge >= 0.3 is 29.8 Å². The van der Waals surface area contributed by atoms with Gasteiger partial charge in [-0.1, -0.05) is 135 Å². The molecule has 1 aliphatic heterocycles. The van der Waals surface area contributed by atoms with Crippen molar-refractivity contribution in [2.24, 2.45) is 18.1 Å². The SMILES string of the molecule is Cc1ccc(OP2(Oc3ccccc3)=NP(Cl)(Oc3ccccc3)=NP(Oc3ccccc3)(Oc3ccc(C)cc3)=NP(Oc3ccccc3)(Oc3ccccc3)=N2)cc1. The molecule has 0 aliphatic carbocycles. The van der Waals surface area contributed by atoms with Crippen LogP contribution >= 0.6 is 41.0 Å². The van der Waals surface area contributed by atoms with Crippen molar-refractivity contribution in [3.8, 4) is 40.2 Å². The van der Waals surface area contributed by atoms with Crippen LogP contribution in [0.4, 0.5) is 0 Å². The number of hydrogen-bond acceptors (Lipinski definition) is 11. The van der Waals surface area contributed by atoms with Crippen molar-refractivity contribution in [1.29, 1.82) is 0 Å². The highest BCUT2D eigenvalue weighted by Crippen LogP contribution is 2.80. The molecule has 16 heteroatoms. The minimum absolute atomic E-state index is 0.359. The summed E-state index contributed by atoms with van der Waals surface area (Å²) in [4.78, 5) is 0. The molecule has 0 fully saturated rings. The van der Waals surface area contributed by atoms with E-state index in [0.29, 0.717) is 40.2 Å². The highest BCUT2D eigenvalue weighted by Gasteiger charge is 2.47. The smallest absolute Gasteiger partial charge is 0.431 e. The van der Waals surface area contributed by atoms with E-state index in [1.807, 2.05) is 129 Å². The fraction of sp³-hybridized carbons (Fsp3) is 0.0455. The Hall–Kier alpha value is -5.65. The normalized spacial score (nSPS) is 20.4. The molecule has 0 aromatic heterocycles. The lowest BCUT2D eigenvalue weighted by atomic mass is 10.2. The van der Waals surface area contributed by atoms with Gasteiger partial charge in [0.2, 0.25) is 0 Å². The van der Waals surface area contributed by atoms with Crippen LogP contribution < -0.4 is 31.7 Å². The molecule has 0 saturated carbocycles. The highest BCUT2D eigenvalue weighted by atomic mass is 35.7. The van der Waals surface area contributed by atoms with Crippen LogP contribution in [0.5, 0.6) is 40.2 Å². The van der Waals surface area contributed by atoms with Crippen molar-refractivity contribution in [2.75, 3.05) is 0 Å². The number of para-hydroxylation sites is 5. The lowest BCUT2D eigenvalue weighted by molar-refractivity contribution is 0.453. The zero-order valence-electron chi connectivity index (χ0n) is 32.4. The summed E-state index contributed by atoms with van der Waals surface area (Å²) in [5.41, 5.74) is 2.01. The molecule has 0 N–H and O–H groups in total. The monoisotopic (exact) mass is 894 g/mol. The summed E-state index contributed by atoms with van der Waals surface area (Å²) in [6.45, 7) is -0.198. The maximum absolute atomic E-state index is 7.79. The number of hydrogen-bond donors (Lipinski definition) is 0. The summed E-state index contributed by atoms with van der Waals surface area (Å²) < 4.78 is 69.5. The van der Waals surface area contributed by atoms with Crippen LogP contribution in [0.15, 0.2) is 218 Å². The third-order valence-corrected chi connectivity index (χ3v) is 20.0. The van der Waals surface area contributed by atoms with E-state index in [1.54, 1.807) is 84.9 Å². The predicted octanol–water partition coefficient (Wildman–Crippen LogP) is 16.2. The van der Waals surface area contributed by atoms with E-state index in [0.717, 1.165) is 11.1 Å². The van der Waals surface area contributed by atoms with Gasteiger partial charge in [0.05, 0.1) is 0 Å². The summed E-state index contributed by atoms with van der Waals surface area (Å²) >= 11 is 7.79. The van der Waals surface area contributed by atoms with E-state index in [2.05, 4.69) is 0 Å². The molecule has 7 aromatic carbocycles. The van der Waals surface area contributed by atoms with Crippen molar-refractivity contribution in [1.82, 2.24) is 0 Å². The molecule has 60 heavy (non-hydrogen) atoms. The first-order valence-electron chi connectivity index (χ1n) is 18.7. The topological polar surface area (TPSA) is 114 Å². The lowest BCUT2D eigenvalue weighted by Gasteiger charge is -2.32. The largest absolute Gasteiger partial charge is 0.460 e. The summed E-state index contributed by atoms with van der Waals surface area (Å²) in [6.07, 6.45) is 0. The quantitative estimate of drug-likeness (QED) is 0.0999. The van der Waals surface area contributed by atoms with Gasteiger partial charge in [-0.15, -0.1) is 9.03 Å². The molecule has 7 aromatic rings. The maximum Gasteiger partial charge on any atom is 0.460 e. The van der Waals surface area contributed by atoms with Crippen LogP contribution in [0.3, 0.4) is 0 Å². The van der Waals surface area contributed by atoms with Gasteiger partial charge < -0.3 is 31.7 Å². The second-order valence-corrected chi connectivity index (χ2v) is 22.5. The minimum Gasteiger partial charge on any atom is -0.431 e. The Labute approximate surface area is 354 Å². The Morgan fingerprint density at radius 3 is 0.817 bits per heavy atom. The molecular formula is C44H39ClN4O7P4. The minimum atomic E-state index is -4.29. The standard InChI is InChI=1S/C44H39ClN4O7P4/c1-36-28-32-43(33-29-36)55-58(51-39-20-10-4-11-21-39)46-57(45,50-38-18-8-3-9-19-38)47-59(52-40-22-12-5-13-23-40,56-44-34-30-37(2)31-35-44)49-60(48-58,53-41-24-14-6-15-25-41)54-42-26-16-7-17-27-42/h3-35H,1-2H3. The number of benzene rings is 7. The molecule has 3 atom stereocenters. The van der Waals surface area contributed by atoms with Gasteiger partial charge in [-0.05, 0) is 110 Å². The lowest BCUT2D eigenvalue weighted by Crippen LogP contribution is -2.09. The molecule has 11 nitrogen and oxygen atoms in total. The van der Waals surface area contributed by atoms with Crippen molar-refractivity contribution in [3.63, 3.8) is 0 Å². The first-order chi connectivity index (χ1) is 29.2. The van der Waals surface area contributed by atoms with E-state index in [9.17, 15) is 0 Å². The predicted molar refractivity (Wildman–Crippen MR) is 242 cm³/mol. The molecular weight excluding hydrogens is 856 g/mol. The molecule has 0 spiro atoms. The Kier molecular flexibility index (Phi) is 12.5. The molecule has 3 unspecified atom stereocenters. The van der Waals surface area contributed by atoms with Crippen molar-refractivity contribution >= 4 is 41.0 Å². The maximum atomic E-state index is 7.79. The molecule has 0 radical (unpaired) electrons. The second-order valence-electron chi connectivity index (χ2n) is 13.1. The van der Waals surface area contributed by atoms with Crippen LogP contribution in [0, 0.1) is 13.8 Å². The summed E-state index contributed by atoms with van der Waals surface area (Å²) in [5.74, 6) is 2.56. The van der Waals surface area contributed by atoms with Gasteiger partial charge in [0, 0.05) is 0 Å². The first kappa shape index (κ1) is 41.1. The van der Waals surface area contributed by atoms with Crippen LogP contribution in [-0.2, 0) is 0 Å². The van der Waals surface area contributed by atoms with Crippen molar-refractivity contribution in [3.05, 3.63) is 211 Å². The zero-order chi connectivity index (χ0) is 41.3. The first-order valence-corrected chi connectivity index (χ1v) is 25.8. The third-order valence-electron chi connectivity index (χ3n) is 8.22. The van der Waals surface area contributed by atoms with Crippen molar-refractivity contribution < 1.29 is 31.7 Å². The Balaban J connectivity index is 1.52. The number of rotatable bonds is 14. The van der Waals surface area contributed by atoms with Crippen LogP contribution in [-0.4, -0.2) is 0 Å². The molecule has 0 amide bonds. The van der Waals surface area contributed by atoms with Crippen LogP contribution in [0.2, 0.25) is 0 Å². The number of halogens is 1. The fourth-order valence-electron chi connectivity index (χ4n) is 5.51. The average molecular weight is 895 g/mol. The van der Waals surface area contributed by atoms with Crippen molar-refractivity contribution in [2.45, 2.75) is 13.8 Å².